The maximum atomic E-state index is 4.16. The van der Waals surface area contributed by atoms with Crippen LogP contribution in [-0.2, 0) is 0 Å². The fourth-order valence-corrected chi connectivity index (χ4v) is 1.92. The standard InChI is InChI=1S/C14H13N5/c1-10-5-11(12-8-17-18-9-12)7-13(6-10)19-14-15-3-2-4-16-14/h2-9H,1H3,(H,17,18)(H,15,16,19). The molecular formula is C14H13N5. The van der Waals surface area contributed by atoms with E-state index in [2.05, 4.69) is 44.5 Å². The van der Waals surface area contributed by atoms with Gasteiger partial charge in [0.15, 0.2) is 0 Å². The van der Waals surface area contributed by atoms with Gasteiger partial charge < -0.3 is 5.32 Å². The number of hydrogen-bond acceptors (Lipinski definition) is 4. The van der Waals surface area contributed by atoms with Gasteiger partial charge in [-0.1, -0.05) is 6.07 Å². The topological polar surface area (TPSA) is 66.5 Å². The van der Waals surface area contributed by atoms with Gasteiger partial charge in [-0.2, -0.15) is 5.10 Å². The lowest BCUT2D eigenvalue weighted by Crippen LogP contribution is -1.96. The zero-order valence-corrected chi connectivity index (χ0v) is 10.5. The summed E-state index contributed by atoms with van der Waals surface area (Å²) in [5.74, 6) is 0.589. The van der Waals surface area contributed by atoms with Crippen molar-refractivity contribution in [2.75, 3.05) is 5.32 Å². The summed E-state index contributed by atoms with van der Waals surface area (Å²) in [6, 6.07) is 8.01. The fourth-order valence-electron chi connectivity index (χ4n) is 1.92. The van der Waals surface area contributed by atoms with Gasteiger partial charge in [0.25, 0.3) is 0 Å². The van der Waals surface area contributed by atoms with Crippen molar-refractivity contribution in [3.05, 3.63) is 54.6 Å². The first-order chi connectivity index (χ1) is 9.31. The first-order valence-corrected chi connectivity index (χ1v) is 5.96. The van der Waals surface area contributed by atoms with Crippen molar-refractivity contribution >= 4 is 11.6 Å². The lowest BCUT2D eigenvalue weighted by Gasteiger charge is -2.08. The summed E-state index contributed by atoms with van der Waals surface area (Å²) in [5.41, 5.74) is 4.28. The van der Waals surface area contributed by atoms with Crippen LogP contribution in [0.5, 0.6) is 0 Å². The number of nitrogens with one attached hydrogen (secondary N) is 2. The van der Waals surface area contributed by atoms with E-state index in [1.54, 1.807) is 24.7 Å². The minimum atomic E-state index is 0.589. The van der Waals surface area contributed by atoms with Crippen LogP contribution in [0.3, 0.4) is 0 Å². The zero-order valence-electron chi connectivity index (χ0n) is 10.5. The minimum absolute atomic E-state index is 0.589. The van der Waals surface area contributed by atoms with Crippen LogP contribution in [0.25, 0.3) is 11.1 Å². The summed E-state index contributed by atoms with van der Waals surface area (Å²) >= 11 is 0. The maximum absolute atomic E-state index is 4.16. The predicted molar refractivity (Wildman–Crippen MR) is 74.1 cm³/mol. The van der Waals surface area contributed by atoms with E-state index >= 15 is 0 Å². The van der Waals surface area contributed by atoms with E-state index in [0.717, 1.165) is 22.4 Å². The Hall–Kier alpha value is -2.69. The molecule has 0 unspecified atom stereocenters. The Morgan fingerprint density at radius 1 is 1.05 bits per heavy atom. The van der Waals surface area contributed by atoms with Crippen LogP contribution in [0.1, 0.15) is 5.56 Å². The fraction of sp³-hybridized carbons (Fsp3) is 0.0714. The molecule has 1 aromatic carbocycles. The zero-order chi connectivity index (χ0) is 13.1. The quantitative estimate of drug-likeness (QED) is 0.751. The van der Waals surface area contributed by atoms with Crippen LogP contribution in [0.2, 0.25) is 0 Å². The normalized spacial score (nSPS) is 10.4. The molecule has 5 nitrogen and oxygen atoms in total. The van der Waals surface area contributed by atoms with Crippen molar-refractivity contribution < 1.29 is 0 Å². The summed E-state index contributed by atoms with van der Waals surface area (Å²) in [7, 11) is 0. The molecule has 3 aromatic rings. The van der Waals surface area contributed by atoms with Gasteiger partial charge in [-0.3, -0.25) is 5.10 Å². The Morgan fingerprint density at radius 3 is 2.63 bits per heavy atom. The molecule has 0 saturated heterocycles. The molecule has 94 valence electrons. The SMILES string of the molecule is Cc1cc(Nc2ncccn2)cc(-c2cn[nH]c2)c1. The molecule has 0 fully saturated rings. The number of nitrogens with zero attached hydrogens (tertiary/aromatic N) is 3. The summed E-state index contributed by atoms with van der Waals surface area (Å²) in [6.45, 7) is 2.06. The molecule has 3 rings (SSSR count). The summed E-state index contributed by atoms with van der Waals surface area (Å²) in [4.78, 5) is 8.31. The molecule has 2 heterocycles. The van der Waals surface area contributed by atoms with Crippen LogP contribution in [0.15, 0.2) is 49.1 Å². The minimum Gasteiger partial charge on any atom is -0.324 e. The van der Waals surface area contributed by atoms with E-state index < -0.39 is 0 Å². The van der Waals surface area contributed by atoms with Crippen molar-refractivity contribution in [3.63, 3.8) is 0 Å². The Kier molecular flexibility index (Phi) is 2.94. The van der Waals surface area contributed by atoms with Crippen molar-refractivity contribution in [1.82, 2.24) is 20.2 Å². The van der Waals surface area contributed by atoms with Gasteiger partial charge in [0.2, 0.25) is 5.95 Å². The molecule has 19 heavy (non-hydrogen) atoms. The molecule has 0 atom stereocenters. The largest absolute Gasteiger partial charge is 0.324 e. The van der Waals surface area contributed by atoms with Crippen LogP contribution >= 0.6 is 0 Å². The first kappa shape index (κ1) is 11.4. The molecule has 0 aliphatic carbocycles. The number of aryl methyl sites for hydroxylation is 1. The highest BCUT2D eigenvalue weighted by Crippen LogP contribution is 2.24. The smallest absolute Gasteiger partial charge is 0.227 e. The molecule has 2 N–H and O–H groups in total. The Labute approximate surface area is 110 Å². The number of H-pyrrole nitrogens is 1. The number of rotatable bonds is 3. The van der Waals surface area contributed by atoms with E-state index in [4.69, 9.17) is 0 Å². The van der Waals surface area contributed by atoms with Gasteiger partial charge in [-0.05, 0) is 36.2 Å². The first-order valence-electron chi connectivity index (χ1n) is 5.96. The third kappa shape index (κ3) is 2.60. The molecule has 0 spiro atoms. The lowest BCUT2D eigenvalue weighted by atomic mass is 10.1. The average molecular weight is 251 g/mol. The molecular weight excluding hydrogens is 238 g/mol. The summed E-state index contributed by atoms with van der Waals surface area (Å²) in [6.07, 6.45) is 7.10. The molecule has 0 aliphatic heterocycles. The van der Waals surface area contributed by atoms with Crippen molar-refractivity contribution in [2.45, 2.75) is 6.92 Å². The van der Waals surface area contributed by atoms with Gasteiger partial charge in [-0.25, -0.2) is 9.97 Å². The van der Waals surface area contributed by atoms with E-state index in [1.807, 2.05) is 12.3 Å². The second kappa shape index (κ2) is 4.89. The molecule has 0 saturated carbocycles. The van der Waals surface area contributed by atoms with Crippen LogP contribution in [0.4, 0.5) is 11.6 Å². The lowest BCUT2D eigenvalue weighted by molar-refractivity contribution is 1.09. The van der Waals surface area contributed by atoms with Gasteiger partial charge in [-0.15, -0.1) is 0 Å². The highest BCUT2D eigenvalue weighted by molar-refractivity contribution is 5.69. The van der Waals surface area contributed by atoms with Gasteiger partial charge in [0.05, 0.1) is 6.20 Å². The Morgan fingerprint density at radius 2 is 1.89 bits per heavy atom. The number of hydrogen-bond donors (Lipinski definition) is 2. The third-order valence-corrected chi connectivity index (χ3v) is 2.73. The van der Waals surface area contributed by atoms with Crippen molar-refractivity contribution in [1.29, 1.82) is 0 Å². The summed E-state index contributed by atoms with van der Waals surface area (Å²) in [5, 5.41) is 9.99. The summed E-state index contributed by atoms with van der Waals surface area (Å²) < 4.78 is 0. The van der Waals surface area contributed by atoms with E-state index in [-0.39, 0.29) is 0 Å². The number of aromatic nitrogens is 4. The third-order valence-electron chi connectivity index (χ3n) is 2.73. The Balaban J connectivity index is 1.94. The van der Waals surface area contributed by atoms with Crippen LogP contribution < -0.4 is 5.32 Å². The van der Waals surface area contributed by atoms with Crippen molar-refractivity contribution in [2.24, 2.45) is 0 Å². The Bertz CT molecular complexity index is 662. The van der Waals surface area contributed by atoms with E-state index in [1.165, 1.54) is 0 Å². The average Bonchev–Trinajstić information content (AvgIpc) is 2.93. The highest BCUT2D eigenvalue weighted by Gasteiger charge is 2.03. The molecule has 0 amide bonds. The number of benzene rings is 1. The predicted octanol–water partition coefficient (Wildman–Crippen LogP) is 2.92. The molecule has 0 bridgehead atoms. The monoisotopic (exact) mass is 251 g/mol. The van der Waals surface area contributed by atoms with Gasteiger partial charge in [0, 0.05) is 29.8 Å². The second-order valence-corrected chi connectivity index (χ2v) is 4.27. The molecule has 5 heteroatoms. The van der Waals surface area contributed by atoms with Gasteiger partial charge >= 0.3 is 0 Å². The maximum Gasteiger partial charge on any atom is 0.227 e. The van der Waals surface area contributed by atoms with Crippen LogP contribution in [-0.4, -0.2) is 20.2 Å². The van der Waals surface area contributed by atoms with E-state index in [9.17, 15) is 0 Å². The van der Waals surface area contributed by atoms with Crippen molar-refractivity contribution in [3.8, 4) is 11.1 Å². The van der Waals surface area contributed by atoms with Crippen LogP contribution in [0, 0.1) is 6.92 Å². The molecule has 0 radical (unpaired) electrons. The second-order valence-electron chi connectivity index (χ2n) is 4.27. The number of aromatic amines is 1. The van der Waals surface area contributed by atoms with E-state index in [0.29, 0.717) is 5.95 Å². The molecule has 0 aliphatic rings. The van der Waals surface area contributed by atoms with Gasteiger partial charge in [0.1, 0.15) is 0 Å². The highest BCUT2D eigenvalue weighted by atomic mass is 15.1. The molecule has 2 aromatic heterocycles. The number of anilines is 2.